The first kappa shape index (κ1) is 14.2. The van der Waals surface area contributed by atoms with E-state index in [9.17, 15) is 9.18 Å². The molecule has 20 heavy (non-hydrogen) atoms. The minimum atomic E-state index is -0.335. The number of benzene rings is 2. The van der Waals surface area contributed by atoms with Crippen LogP contribution in [0.5, 0.6) is 0 Å². The minimum absolute atomic E-state index is 0.266. The van der Waals surface area contributed by atoms with E-state index in [2.05, 4.69) is 5.32 Å². The van der Waals surface area contributed by atoms with Gasteiger partial charge < -0.3 is 10.1 Å². The molecule has 0 fully saturated rings. The van der Waals surface area contributed by atoms with E-state index in [0.29, 0.717) is 23.4 Å². The summed E-state index contributed by atoms with van der Waals surface area (Å²) in [5.74, 6) is -0.601. The average Bonchev–Trinajstić information content (AvgIpc) is 2.44. The van der Waals surface area contributed by atoms with Crippen molar-refractivity contribution in [2.45, 2.75) is 13.5 Å². The van der Waals surface area contributed by atoms with Gasteiger partial charge in [0.2, 0.25) is 0 Å². The number of carbonyl (C=O) groups is 1. The van der Waals surface area contributed by atoms with Crippen molar-refractivity contribution in [3.63, 3.8) is 0 Å². The highest BCUT2D eigenvalue weighted by Crippen LogP contribution is 2.15. The van der Waals surface area contributed by atoms with Crippen LogP contribution in [0.25, 0.3) is 0 Å². The average molecular weight is 273 g/mol. The molecule has 3 nitrogen and oxygen atoms in total. The van der Waals surface area contributed by atoms with E-state index in [4.69, 9.17) is 4.74 Å². The van der Waals surface area contributed by atoms with E-state index in [1.165, 1.54) is 6.07 Å². The third kappa shape index (κ3) is 3.42. The van der Waals surface area contributed by atoms with Crippen LogP contribution in [-0.4, -0.2) is 13.0 Å². The van der Waals surface area contributed by atoms with E-state index in [0.717, 1.165) is 5.56 Å². The van der Waals surface area contributed by atoms with E-state index in [1.54, 1.807) is 38.3 Å². The molecule has 4 heteroatoms. The molecule has 1 N–H and O–H groups in total. The Bertz CT molecular complexity index is 608. The van der Waals surface area contributed by atoms with Gasteiger partial charge in [0.15, 0.2) is 0 Å². The largest absolute Gasteiger partial charge is 0.380 e. The summed E-state index contributed by atoms with van der Waals surface area (Å²) >= 11 is 0. The molecule has 0 bridgehead atoms. The van der Waals surface area contributed by atoms with Gasteiger partial charge in [-0.25, -0.2) is 4.39 Å². The molecule has 0 aliphatic heterocycles. The van der Waals surface area contributed by atoms with Gasteiger partial charge in [-0.15, -0.1) is 0 Å². The number of aryl methyl sites for hydroxylation is 1. The summed E-state index contributed by atoms with van der Waals surface area (Å²) in [4.78, 5) is 12.0. The van der Waals surface area contributed by atoms with Crippen molar-refractivity contribution < 1.29 is 13.9 Å². The molecule has 104 valence electrons. The number of rotatable bonds is 4. The summed E-state index contributed by atoms with van der Waals surface area (Å²) in [6.45, 7) is 2.18. The molecule has 0 heterocycles. The molecular formula is C16H16FNO2. The number of nitrogens with one attached hydrogen (secondary N) is 1. The van der Waals surface area contributed by atoms with Crippen LogP contribution >= 0.6 is 0 Å². The summed E-state index contributed by atoms with van der Waals surface area (Å²) in [5.41, 5.74) is 2.50. The number of halogens is 1. The normalized spacial score (nSPS) is 10.3. The van der Waals surface area contributed by atoms with Gasteiger partial charge in [0, 0.05) is 18.4 Å². The van der Waals surface area contributed by atoms with Crippen LogP contribution in [0.3, 0.4) is 0 Å². The number of hydrogen-bond donors (Lipinski definition) is 1. The predicted molar refractivity (Wildman–Crippen MR) is 76.2 cm³/mol. The van der Waals surface area contributed by atoms with Gasteiger partial charge in [0.05, 0.1) is 6.61 Å². The van der Waals surface area contributed by atoms with Crippen LogP contribution in [0.4, 0.5) is 10.1 Å². The molecule has 0 aliphatic rings. The predicted octanol–water partition coefficient (Wildman–Crippen LogP) is 3.53. The molecule has 0 spiro atoms. The van der Waals surface area contributed by atoms with Crippen LogP contribution in [0.2, 0.25) is 0 Å². The first-order valence-electron chi connectivity index (χ1n) is 6.25. The molecule has 0 saturated heterocycles. The highest BCUT2D eigenvalue weighted by molar-refractivity contribution is 6.04. The third-order valence-corrected chi connectivity index (χ3v) is 2.96. The summed E-state index contributed by atoms with van der Waals surface area (Å²) in [7, 11) is 1.62. The maximum absolute atomic E-state index is 13.4. The van der Waals surface area contributed by atoms with E-state index >= 15 is 0 Å². The van der Waals surface area contributed by atoms with E-state index < -0.39 is 0 Å². The maximum atomic E-state index is 13.4. The van der Waals surface area contributed by atoms with Crippen molar-refractivity contribution >= 4 is 11.6 Å². The lowest BCUT2D eigenvalue weighted by atomic mass is 10.1. The van der Waals surface area contributed by atoms with E-state index in [-0.39, 0.29) is 11.7 Å². The second-order valence-electron chi connectivity index (χ2n) is 4.55. The Kier molecular flexibility index (Phi) is 4.48. The van der Waals surface area contributed by atoms with Crippen molar-refractivity contribution in [3.05, 3.63) is 65.0 Å². The number of anilines is 1. The summed E-state index contributed by atoms with van der Waals surface area (Å²) < 4.78 is 18.4. The quantitative estimate of drug-likeness (QED) is 0.925. The van der Waals surface area contributed by atoms with Gasteiger partial charge in [0.1, 0.15) is 5.82 Å². The first-order valence-corrected chi connectivity index (χ1v) is 6.25. The molecular weight excluding hydrogens is 257 g/mol. The highest BCUT2D eigenvalue weighted by atomic mass is 19.1. The molecule has 0 radical (unpaired) electrons. The van der Waals surface area contributed by atoms with Gasteiger partial charge in [-0.1, -0.05) is 18.2 Å². The van der Waals surface area contributed by atoms with Crippen LogP contribution in [0, 0.1) is 12.7 Å². The fourth-order valence-electron chi connectivity index (χ4n) is 1.79. The Morgan fingerprint density at radius 3 is 2.50 bits per heavy atom. The van der Waals surface area contributed by atoms with Crippen molar-refractivity contribution in [1.82, 2.24) is 0 Å². The van der Waals surface area contributed by atoms with Gasteiger partial charge in [-0.05, 0) is 42.3 Å². The first-order chi connectivity index (χ1) is 9.60. The van der Waals surface area contributed by atoms with Gasteiger partial charge >= 0.3 is 0 Å². The lowest BCUT2D eigenvalue weighted by molar-refractivity contribution is 0.102. The number of methoxy groups -OCH3 is 1. The molecule has 2 rings (SSSR count). The molecule has 0 aliphatic carbocycles. The fourth-order valence-corrected chi connectivity index (χ4v) is 1.79. The second-order valence-corrected chi connectivity index (χ2v) is 4.55. The number of hydrogen-bond acceptors (Lipinski definition) is 2. The Morgan fingerprint density at radius 1 is 1.20 bits per heavy atom. The standard InChI is InChI=1S/C16H16FNO2/c1-11-3-8-14(9-15(11)17)18-16(19)13-6-4-12(5-7-13)10-20-2/h3-9H,10H2,1-2H3,(H,18,19). The monoisotopic (exact) mass is 273 g/mol. The van der Waals surface area contributed by atoms with E-state index in [1.807, 2.05) is 12.1 Å². The number of amides is 1. The highest BCUT2D eigenvalue weighted by Gasteiger charge is 2.07. The van der Waals surface area contributed by atoms with Crippen LogP contribution in [-0.2, 0) is 11.3 Å². The van der Waals surface area contributed by atoms with Crippen LogP contribution in [0.1, 0.15) is 21.5 Å². The number of ether oxygens (including phenoxy) is 1. The lowest BCUT2D eigenvalue weighted by Crippen LogP contribution is -2.12. The Morgan fingerprint density at radius 2 is 1.90 bits per heavy atom. The maximum Gasteiger partial charge on any atom is 0.255 e. The van der Waals surface area contributed by atoms with Crippen LogP contribution < -0.4 is 5.32 Å². The smallest absolute Gasteiger partial charge is 0.255 e. The second kappa shape index (κ2) is 6.30. The molecule has 2 aromatic rings. The Labute approximate surface area is 117 Å². The van der Waals surface area contributed by atoms with Crippen molar-refractivity contribution in [1.29, 1.82) is 0 Å². The molecule has 0 aromatic heterocycles. The molecule has 0 atom stereocenters. The molecule has 0 unspecified atom stereocenters. The van der Waals surface area contributed by atoms with Crippen LogP contribution in [0.15, 0.2) is 42.5 Å². The lowest BCUT2D eigenvalue weighted by Gasteiger charge is -2.07. The van der Waals surface area contributed by atoms with Gasteiger partial charge in [-0.3, -0.25) is 4.79 Å². The topological polar surface area (TPSA) is 38.3 Å². The number of carbonyl (C=O) groups excluding carboxylic acids is 1. The van der Waals surface area contributed by atoms with Crippen molar-refractivity contribution in [3.8, 4) is 0 Å². The fraction of sp³-hybridized carbons (Fsp3) is 0.188. The Balaban J connectivity index is 2.09. The SMILES string of the molecule is COCc1ccc(C(=O)Nc2ccc(C)c(F)c2)cc1. The van der Waals surface area contributed by atoms with Crippen molar-refractivity contribution in [2.24, 2.45) is 0 Å². The molecule has 0 saturated carbocycles. The zero-order valence-corrected chi connectivity index (χ0v) is 11.4. The summed E-state index contributed by atoms with van der Waals surface area (Å²) in [6.07, 6.45) is 0. The molecule has 2 aromatic carbocycles. The minimum Gasteiger partial charge on any atom is -0.380 e. The van der Waals surface area contributed by atoms with Gasteiger partial charge in [0.25, 0.3) is 5.91 Å². The summed E-state index contributed by atoms with van der Waals surface area (Å²) in [5, 5.41) is 2.67. The third-order valence-electron chi connectivity index (χ3n) is 2.96. The molecule has 1 amide bonds. The van der Waals surface area contributed by atoms with Gasteiger partial charge in [-0.2, -0.15) is 0 Å². The zero-order valence-electron chi connectivity index (χ0n) is 11.4. The van der Waals surface area contributed by atoms with Crippen molar-refractivity contribution in [2.75, 3.05) is 12.4 Å². The zero-order chi connectivity index (χ0) is 14.5. The summed E-state index contributed by atoms with van der Waals surface area (Å²) in [6, 6.07) is 11.7. The Hall–Kier alpha value is -2.20.